The maximum Gasteiger partial charge on any atom is 0.0740 e. The van der Waals surface area contributed by atoms with Crippen LogP contribution in [-0.4, -0.2) is 28.8 Å². The van der Waals surface area contributed by atoms with Crippen LogP contribution in [0.1, 0.15) is 12.8 Å². The Morgan fingerprint density at radius 2 is 2.09 bits per heavy atom. The molecule has 2 bridgehead atoms. The van der Waals surface area contributed by atoms with E-state index < -0.39 is 0 Å². The van der Waals surface area contributed by atoms with E-state index in [1.54, 1.807) is 0 Å². The van der Waals surface area contributed by atoms with E-state index in [4.69, 9.17) is 5.84 Å². The minimum absolute atomic E-state index is 0.122. The van der Waals surface area contributed by atoms with Gasteiger partial charge in [-0.15, -0.1) is 0 Å². The van der Waals surface area contributed by atoms with Crippen molar-refractivity contribution in [2.45, 2.75) is 25.0 Å². The summed E-state index contributed by atoms with van der Waals surface area (Å²) in [5.74, 6) is 7.90. The molecule has 0 aromatic rings. The summed E-state index contributed by atoms with van der Waals surface area (Å²) in [5.41, 5.74) is 0. The Bertz CT molecular complexity index is 191. The molecule has 1 heterocycles. The van der Waals surface area contributed by atoms with Gasteiger partial charge in [0.25, 0.3) is 0 Å². The Hall–Kier alpha value is -0.120. The molecular formula is C8H14N2O. The number of aliphatic hydroxyl groups excluding tert-OH is 1. The van der Waals surface area contributed by atoms with Gasteiger partial charge in [-0.1, -0.05) is 0 Å². The summed E-state index contributed by atoms with van der Waals surface area (Å²) in [5, 5.41) is 11.6. The van der Waals surface area contributed by atoms with E-state index in [9.17, 15) is 5.11 Å². The molecule has 0 aromatic carbocycles. The largest absolute Gasteiger partial charge is 0.391 e. The van der Waals surface area contributed by atoms with Gasteiger partial charge in [0.2, 0.25) is 0 Å². The molecular weight excluding hydrogens is 140 g/mol. The molecule has 2 aliphatic carbocycles. The van der Waals surface area contributed by atoms with Crippen LogP contribution in [-0.2, 0) is 0 Å². The van der Waals surface area contributed by atoms with Gasteiger partial charge < -0.3 is 5.11 Å². The molecule has 0 amide bonds. The molecule has 0 aromatic heterocycles. The minimum Gasteiger partial charge on any atom is -0.391 e. The summed E-state index contributed by atoms with van der Waals surface area (Å²) in [7, 11) is 0. The lowest BCUT2D eigenvalue weighted by atomic mass is 9.88. The molecule has 3 nitrogen and oxygen atoms in total. The zero-order chi connectivity index (χ0) is 7.59. The number of rotatable bonds is 0. The van der Waals surface area contributed by atoms with Gasteiger partial charge in [0.1, 0.15) is 0 Å². The average molecular weight is 154 g/mol. The highest BCUT2D eigenvalue weighted by Gasteiger charge is 2.58. The molecule has 62 valence electrons. The molecule has 0 spiro atoms. The van der Waals surface area contributed by atoms with Crippen molar-refractivity contribution in [3.8, 4) is 0 Å². The normalized spacial score (nSPS) is 61.1. The lowest BCUT2D eigenvalue weighted by molar-refractivity contribution is 0.0511. The van der Waals surface area contributed by atoms with Gasteiger partial charge in [0.05, 0.1) is 12.1 Å². The van der Waals surface area contributed by atoms with Crippen LogP contribution in [0.4, 0.5) is 0 Å². The van der Waals surface area contributed by atoms with Crippen molar-refractivity contribution in [2.24, 2.45) is 23.6 Å². The molecule has 11 heavy (non-hydrogen) atoms. The van der Waals surface area contributed by atoms with E-state index >= 15 is 0 Å². The van der Waals surface area contributed by atoms with E-state index in [1.807, 2.05) is 5.01 Å². The second-order valence-electron chi connectivity index (χ2n) is 4.33. The van der Waals surface area contributed by atoms with Crippen molar-refractivity contribution in [3.05, 3.63) is 0 Å². The fourth-order valence-electron chi connectivity index (χ4n) is 3.48. The van der Waals surface area contributed by atoms with Gasteiger partial charge in [0.15, 0.2) is 0 Å². The highest BCUT2D eigenvalue weighted by Crippen LogP contribution is 2.53. The predicted molar refractivity (Wildman–Crippen MR) is 40.4 cm³/mol. The van der Waals surface area contributed by atoms with Crippen LogP contribution < -0.4 is 5.84 Å². The summed E-state index contributed by atoms with van der Waals surface area (Å²) >= 11 is 0. The third-order valence-electron chi connectivity index (χ3n) is 3.89. The second kappa shape index (κ2) is 1.79. The van der Waals surface area contributed by atoms with Crippen molar-refractivity contribution in [3.63, 3.8) is 0 Å². The molecule has 5 atom stereocenters. The SMILES string of the molecule is NN1CC2CC3CC2C1C3O. The maximum absolute atomic E-state index is 9.75. The molecule has 3 fully saturated rings. The fraction of sp³-hybridized carbons (Fsp3) is 1.00. The van der Waals surface area contributed by atoms with Crippen LogP contribution in [0.5, 0.6) is 0 Å². The van der Waals surface area contributed by atoms with E-state index in [0.717, 1.165) is 18.4 Å². The first kappa shape index (κ1) is 6.40. The second-order valence-corrected chi connectivity index (χ2v) is 4.33. The van der Waals surface area contributed by atoms with Crippen molar-refractivity contribution >= 4 is 0 Å². The molecule has 2 saturated carbocycles. The van der Waals surface area contributed by atoms with Crippen LogP contribution in [0, 0.1) is 17.8 Å². The van der Waals surface area contributed by atoms with Gasteiger partial charge in [-0.2, -0.15) is 0 Å². The molecule has 3 heteroatoms. The Labute approximate surface area is 66.1 Å². The molecule has 3 aliphatic rings. The Morgan fingerprint density at radius 1 is 1.27 bits per heavy atom. The smallest absolute Gasteiger partial charge is 0.0740 e. The van der Waals surface area contributed by atoms with Crippen molar-refractivity contribution in [2.75, 3.05) is 6.54 Å². The zero-order valence-corrected chi connectivity index (χ0v) is 6.48. The summed E-state index contributed by atoms with van der Waals surface area (Å²) in [6.07, 6.45) is 2.32. The number of hydrogen-bond donors (Lipinski definition) is 2. The zero-order valence-electron chi connectivity index (χ0n) is 6.48. The van der Waals surface area contributed by atoms with E-state index in [2.05, 4.69) is 0 Å². The van der Waals surface area contributed by atoms with Crippen LogP contribution in [0.2, 0.25) is 0 Å². The summed E-state index contributed by atoms with van der Waals surface area (Å²) in [6.45, 7) is 1.02. The van der Waals surface area contributed by atoms with Crippen LogP contribution in [0.15, 0.2) is 0 Å². The minimum atomic E-state index is -0.122. The fourth-order valence-corrected chi connectivity index (χ4v) is 3.48. The summed E-state index contributed by atoms with van der Waals surface area (Å²) in [6, 6.07) is 0.304. The number of nitrogens with zero attached hydrogens (tertiary/aromatic N) is 1. The number of hydrogen-bond acceptors (Lipinski definition) is 3. The van der Waals surface area contributed by atoms with Crippen LogP contribution in [0.25, 0.3) is 0 Å². The van der Waals surface area contributed by atoms with E-state index in [-0.39, 0.29) is 6.10 Å². The Balaban J connectivity index is 1.99. The monoisotopic (exact) mass is 154 g/mol. The summed E-state index contributed by atoms with van der Waals surface area (Å²) < 4.78 is 0. The maximum atomic E-state index is 9.75. The standard InChI is InChI=1S/C8H14N2O/c9-10-3-5-1-4-2-6(5)7(10)8(4)11/h4-8,11H,1-3,9H2. The first-order valence-electron chi connectivity index (χ1n) is 4.47. The van der Waals surface area contributed by atoms with Gasteiger partial charge >= 0.3 is 0 Å². The van der Waals surface area contributed by atoms with E-state index in [1.165, 1.54) is 12.8 Å². The summed E-state index contributed by atoms with van der Waals surface area (Å²) in [4.78, 5) is 0. The Kier molecular flexibility index (Phi) is 1.04. The van der Waals surface area contributed by atoms with Crippen molar-refractivity contribution in [1.82, 2.24) is 5.01 Å². The molecule has 0 radical (unpaired) electrons. The van der Waals surface area contributed by atoms with Gasteiger partial charge in [0, 0.05) is 6.54 Å². The van der Waals surface area contributed by atoms with E-state index in [0.29, 0.717) is 12.0 Å². The van der Waals surface area contributed by atoms with Crippen molar-refractivity contribution < 1.29 is 5.11 Å². The number of nitrogens with two attached hydrogens (primary N) is 1. The molecule has 1 aliphatic heterocycles. The molecule has 3 N–H and O–H groups in total. The Morgan fingerprint density at radius 3 is 2.73 bits per heavy atom. The van der Waals surface area contributed by atoms with Gasteiger partial charge in [-0.05, 0) is 30.6 Å². The number of aliphatic hydroxyl groups is 1. The topological polar surface area (TPSA) is 49.5 Å². The number of hydrazine groups is 1. The quantitative estimate of drug-likeness (QED) is 0.465. The first-order chi connectivity index (χ1) is 5.27. The van der Waals surface area contributed by atoms with Gasteiger partial charge in [-0.3, -0.25) is 5.84 Å². The average Bonchev–Trinajstić information content (AvgIpc) is 2.47. The lowest BCUT2D eigenvalue weighted by Crippen LogP contribution is -2.44. The molecule has 1 saturated heterocycles. The van der Waals surface area contributed by atoms with Crippen molar-refractivity contribution in [1.29, 1.82) is 0 Å². The predicted octanol–water partition coefficient (Wildman–Crippen LogP) is -0.439. The third-order valence-corrected chi connectivity index (χ3v) is 3.89. The molecule has 5 unspecified atom stereocenters. The molecule has 3 rings (SSSR count). The highest BCUT2D eigenvalue weighted by atomic mass is 16.3. The number of fused-ring (bicyclic) bond motifs is 1. The third kappa shape index (κ3) is 0.604. The first-order valence-corrected chi connectivity index (χ1v) is 4.47. The highest BCUT2D eigenvalue weighted by molar-refractivity contribution is 5.09. The van der Waals surface area contributed by atoms with Crippen LogP contribution in [0.3, 0.4) is 0 Å². The van der Waals surface area contributed by atoms with Gasteiger partial charge in [-0.25, -0.2) is 5.01 Å². The lowest BCUT2D eigenvalue weighted by Gasteiger charge is -2.25. The van der Waals surface area contributed by atoms with Crippen LogP contribution >= 0.6 is 0 Å².